The normalized spacial score (nSPS) is 18.5. The van der Waals surface area contributed by atoms with Gasteiger partial charge in [-0.3, -0.25) is 4.79 Å². The van der Waals surface area contributed by atoms with Gasteiger partial charge in [0.15, 0.2) is 5.17 Å². The molecular weight excluding hydrogens is 274 g/mol. The highest BCUT2D eigenvalue weighted by atomic mass is 32.2. The molecular formula is C14H17N3O2S. The lowest BCUT2D eigenvalue weighted by Gasteiger charge is -2.12. The lowest BCUT2D eigenvalue weighted by Crippen LogP contribution is -2.19. The maximum Gasteiger partial charge on any atom is 0.236 e. The monoisotopic (exact) mass is 291 g/mol. The van der Waals surface area contributed by atoms with Crippen molar-refractivity contribution in [3.63, 3.8) is 0 Å². The summed E-state index contributed by atoms with van der Waals surface area (Å²) in [5, 5.41) is 11.1. The van der Waals surface area contributed by atoms with Crippen molar-refractivity contribution in [2.75, 3.05) is 5.75 Å². The molecule has 1 N–H and O–H groups in total. The molecule has 1 aromatic carbocycles. The van der Waals surface area contributed by atoms with E-state index in [1.807, 2.05) is 31.2 Å². The molecule has 1 amide bonds. The minimum absolute atomic E-state index is 0.0319. The highest BCUT2D eigenvalue weighted by Crippen LogP contribution is 2.14. The first-order valence-electron chi connectivity index (χ1n) is 6.47. The summed E-state index contributed by atoms with van der Waals surface area (Å²) in [5.74, 6) is 1.23. The first kappa shape index (κ1) is 14.6. The summed E-state index contributed by atoms with van der Waals surface area (Å²) in [5.41, 5.74) is 0.931. The van der Waals surface area contributed by atoms with Crippen LogP contribution in [-0.4, -0.2) is 29.1 Å². The van der Waals surface area contributed by atoms with E-state index in [4.69, 9.17) is 4.74 Å². The second kappa shape index (κ2) is 7.09. The highest BCUT2D eigenvalue weighted by molar-refractivity contribution is 8.15. The molecule has 1 unspecified atom stereocenters. The first-order valence-corrected chi connectivity index (χ1v) is 7.46. The lowest BCUT2D eigenvalue weighted by molar-refractivity contribution is -0.116. The van der Waals surface area contributed by atoms with Crippen LogP contribution < -0.4 is 10.1 Å². The number of amides is 1. The van der Waals surface area contributed by atoms with Gasteiger partial charge in [-0.25, -0.2) is 0 Å². The Morgan fingerprint density at radius 2 is 2.20 bits per heavy atom. The van der Waals surface area contributed by atoms with Crippen LogP contribution in [0.4, 0.5) is 0 Å². The van der Waals surface area contributed by atoms with Crippen LogP contribution in [0.15, 0.2) is 34.5 Å². The lowest BCUT2D eigenvalue weighted by atomic mass is 10.2. The van der Waals surface area contributed by atoms with Crippen LogP contribution in [0, 0.1) is 0 Å². The van der Waals surface area contributed by atoms with E-state index in [1.54, 1.807) is 6.21 Å². The quantitative estimate of drug-likeness (QED) is 0.669. The summed E-state index contributed by atoms with van der Waals surface area (Å²) in [7, 11) is 0. The van der Waals surface area contributed by atoms with Gasteiger partial charge in [0.1, 0.15) is 5.75 Å². The smallest absolute Gasteiger partial charge is 0.236 e. The summed E-state index contributed by atoms with van der Waals surface area (Å²) >= 11 is 1.35. The fourth-order valence-electron chi connectivity index (χ4n) is 1.48. The van der Waals surface area contributed by atoms with Gasteiger partial charge in [0.25, 0.3) is 0 Å². The molecule has 5 nitrogen and oxygen atoms in total. The number of hydrogen-bond donors (Lipinski definition) is 1. The van der Waals surface area contributed by atoms with Gasteiger partial charge in [-0.05, 0) is 43.2 Å². The van der Waals surface area contributed by atoms with Crippen molar-refractivity contribution in [2.24, 2.45) is 10.2 Å². The van der Waals surface area contributed by atoms with Crippen LogP contribution >= 0.6 is 11.8 Å². The molecule has 0 saturated carbocycles. The molecule has 1 heterocycles. The van der Waals surface area contributed by atoms with Crippen LogP contribution in [0.1, 0.15) is 25.8 Å². The molecule has 106 valence electrons. The number of thioether (sulfide) groups is 1. The average Bonchev–Trinajstić information content (AvgIpc) is 2.86. The number of rotatable bonds is 5. The van der Waals surface area contributed by atoms with Crippen LogP contribution in [-0.2, 0) is 4.79 Å². The number of carbonyl (C=O) groups is 1. The van der Waals surface area contributed by atoms with Gasteiger partial charge in [-0.1, -0.05) is 18.7 Å². The number of nitrogens with one attached hydrogen (secondary N) is 1. The van der Waals surface area contributed by atoms with Crippen molar-refractivity contribution in [3.8, 4) is 5.75 Å². The number of benzene rings is 1. The van der Waals surface area contributed by atoms with Crippen LogP contribution in [0.2, 0.25) is 0 Å². The summed E-state index contributed by atoms with van der Waals surface area (Å²) in [6.07, 6.45) is 2.83. The third-order valence-corrected chi connectivity index (χ3v) is 3.60. The number of hydrogen-bond acceptors (Lipinski definition) is 5. The molecule has 20 heavy (non-hydrogen) atoms. The van der Waals surface area contributed by atoms with Crippen LogP contribution in [0.3, 0.4) is 0 Å². The topological polar surface area (TPSA) is 63.1 Å². The predicted molar refractivity (Wildman–Crippen MR) is 82.5 cm³/mol. The first-order chi connectivity index (χ1) is 9.67. The third-order valence-electron chi connectivity index (χ3n) is 2.73. The van der Waals surface area contributed by atoms with Crippen molar-refractivity contribution in [3.05, 3.63) is 29.8 Å². The van der Waals surface area contributed by atoms with Crippen LogP contribution in [0.5, 0.6) is 5.75 Å². The van der Waals surface area contributed by atoms with Crippen molar-refractivity contribution in [1.29, 1.82) is 0 Å². The van der Waals surface area contributed by atoms with Gasteiger partial charge in [0.2, 0.25) is 5.91 Å². The maximum atomic E-state index is 11.0. The molecule has 1 aliphatic rings. The van der Waals surface area contributed by atoms with Gasteiger partial charge >= 0.3 is 0 Å². The van der Waals surface area contributed by atoms with Gasteiger partial charge in [0, 0.05) is 0 Å². The molecule has 1 aliphatic heterocycles. The van der Waals surface area contributed by atoms with E-state index in [0.29, 0.717) is 10.9 Å². The number of carbonyl (C=O) groups excluding carboxylic acids is 1. The van der Waals surface area contributed by atoms with E-state index < -0.39 is 0 Å². The molecule has 0 bridgehead atoms. The van der Waals surface area contributed by atoms with Gasteiger partial charge in [0.05, 0.1) is 18.1 Å². The number of amidine groups is 1. The largest absolute Gasteiger partial charge is 0.491 e. The summed E-state index contributed by atoms with van der Waals surface area (Å²) in [4.78, 5) is 11.0. The van der Waals surface area contributed by atoms with Crippen molar-refractivity contribution < 1.29 is 9.53 Å². The Morgan fingerprint density at radius 1 is 1.45 bits per heavy atom. The van der Waals surface area contributed by atoms with E-state index in [1.165, 1.54) is 11.8 Å². The Labute approximate surface area is 122 Å². The molecule has 1 atom stereocenters. The minimum atomic E-state index is -0.0319. The van der Waals surface area contributed by atoms with Gasteiger partial charge < -0.3 is 10.1 Å². The van der Waals surface area contributed by atoms with E-state index >= 15 is 0 Å². The zero-order valence-electron chi connectivity index (χ0n) is 11.5. The maximum absolute atomic E-state index is 11.0. The number of nitrogens with zero attached hydrogens (tertiary/aromatic N) is 2. The van der Waals surface area contributed by atoms with Crippen molar-refractivity contribution >= 4 is 29.1 Å². The summed E-state index contributed by atoms with van der Waals surface area (Å²) < 4.78 is 5.69. The second-order valence-electron chi connectivity index (χ2n) is 4.39. The standard InChI is InChI=1S/C14H17N3O2S/c1-3-10(2)19-12-6-4-11(5-7-12)8-15-17-14-16-13(18)9-20-14/h4-8,10H,3,9H2,1-2H3,(H,16,17,18). The van der Waals surface area contributed by atoms with Gasteiger partial charge in [-0.15, -0.1) is 5.10 Å². The van der Waals surface area contributed by atoms with E-state index in [9.17, 15) is 4.79 Å². The Balaban J connectivity index is 1.92. The van der Waals surface area contributed by atoms with Crippen molar-refractivity contribution in [1.82, 2.24) is 5.32 Å². The molecule has 2 rings (SSSR count). The Kier molecular flexibility index (Phi) is 5.17. The molecule has 0 radical (unpaired) electrons. The molecule has 1 aromatic rings. The Hall–Kier alpha value is -1.82. The molecule has 0 spiro atoms. The van der Waals surface area contributed by atoms with Gasteiger partial charge in [-0.2, -0.15) is 5.10 Å². The highest BCUT2D eigenvalue weighted by Gasteiger charge is 2.15. The van der Waals surface area contributed by atoms with Crippen LogP contribution in [0.25, 0.3) is 0 Å². The average molecular weight is 291 g/mol. The zero-order valence-corrected chi connectivity index (χ0v) is 12.3. The molecule has 1 saturated heterocycles. The van der Waals surface area contributed by atoms with E-state index in [-0.39, 0.29) is 12.0 Å². The summed E-state index contributed by atoms with van der Waals surface area (Å²) in [6.45, 7) is 4.13. The van der Waals surface area contributed by atoms with Crippen molar-refractivity contribution in [2.45, 2.75) is 26.4 Å². The van der Waals surface area contributed by atoms with E-state index in [0.717, 1.165) is 17.7 Å². The SMILES string of the molecule is CCC(C)Oc1ccc(C=NN=C2NC(=O)CS2)cc1. The third kappa shape index (κ3) is 4.38. The fourth-order valence-corrected chi connectivity index (χ4v) is 2.11. The minimum Gasteiger partial charge on any atom is -0.491 e. The molecule has 0 aliphatic carbocycles. The molecule has 6 heteroatoms. The Bertz CT molecular complexity index is 526. The summed E-state index contributed by atoms with van der Waals surface area (Å²) in [6, 6.07) is 7.66. The molecule has 0 aromatic heterocycles. The molecule has 1 fully saturated rings. The Morgan fingerprint density at radius 3 is 2.80 bits per heavy atom. The second-order valence-corrected chi connectivity index (χ2v) is 5.36. The fraction of sp³-hybridized carbons (Fsp3) is 0.357. The number of ether oxygens (including phenoxy) is 1. The zero-order chi connectivity index (χ0) is 14.4. The predicted octanol–water partition coefficient (Wildman–Crippen LogP) is 2.42. The van der Waals surface area contributed by atoms with E-state index in [2.05, 4.69) is 22.4 Å².